The number of nitrogens with zero attached hydrogens (tertiary/aromatic N) is 2. The van der Waals surface area contributed by atoms with Crippen LogP contribution in [-0.2, 0) is 14.8 Å². The maximum atomic E-state index is 13.0. The van der Waals surface area contributed by atoms with Crippen molar-refractivity contribution in [2.45, 2.75) is 44.0 Å². The van der Waals surface area contributed by atoms with E-state index in [9.17, 15) is 18.0 Å². The molecule has 9 heteroatoms. The number of rotatable bonds is 5. The van der Waals surface area contributed by atoms with Crippen LogP contribution in [0.4, 0.5) is 5.69 Å². The predicted octanol–water partition coefficient (Wildman–Crippen LogP) is 3.66. The van der Waals surface area contributed by atoms with Crippen molar-refractivity contribution in [1.29, 1.82) is 0 Å². The summed E-state index contributed by atoms with van der Waals surface area (Å²) in [6, 6.07) is 9.37. The third kappa shape index (κ3) is 4.74. The van der Waals surface area contributed by atoms with Gasteiger partial charge < -0.3 is 10.2 Å². The number of benzene rings is 1. The number of nitrogens with one attached hydrogen (secondary N) is 1. The van der Waals surface area contributed by atoms with E-state index in [4.69, 9.17) is 0 Å². The zero-order valence-electron chi connectivity index (χ0n) is 18.4. The van der Waals surface area contributed by atoms with Gasteiger partial charge in [-0.1, -0.05) is 19.9 Å². The summed E-state index contributed by atoms with van der Waals surface area (Å²) in [6.07, 6.45) is 2.42. The standard InChI is InChI=1S/C23H29N3O4S2/c1-16-13-17(2)15-25(14-16)32(29,30)19-9-7-18(8-10-19)24-22(27)20-5-3-11-26(20)23(28)21-6-4-12-31-21/h4,6-10,12,16-17,20H,3,5,11,13-15H2,1-2H3,(H,24,27)/t16-,17+,20-/m0/s1. The molecule has 1 N–H and O–H groups in total. The molecular formula is C23H29N3O4S2. The minimum Gasteiger partial charge on any atom is -0.326 e. The molecule has 2 aromatic rings. The Labute approximate surface area is 193 Å². The van der Waals surface area contributed by atoms with Crippen molar-refractivity contribution in [2.24, 2.45) is 11.8 Å². The fourth-order valence-corrected chi connectivity index (χ4v) is 7.07. The summed E-state index contributed by atoms with van der Waals surface area (Å²) in [5.41, 5.74) is 0.518. The van der Waals surface area contributed by atoms with Crippen LogP contribution in [0.5, 0.6) is 0 Å². The lowest BCUT2D eigenvalue weighted by atomic mass is 9.94. The van der Waals surface area contributed by atoms with Crippen molar-refractivity contribution in [2.75, 3.05) is 25.0 Å². The van der Waals surface area contributed by atoms with Crippen molar-refractivity contribution in [3.8, 4) is 0 Å². The van der Waals surface area contributed by atoms with E-state index in [1.807, 2.05) is 11.4 Å². The fourth-order valence-electron chi connectivity index (χ4n) is 4.71. The second-order valence-corrected chi connectivity index (χ2v) is 11.8. The minimum atomic E-state index is -3.56. The van der Waals surface area contributed by atoms with Crippen molar-refractivity contribution >= 4 is 38.9 Å². The van der Waals surface area contributed by atoms with Crippen molar-refractivity contribution < 1.29 is 18.0 Å². The summed E-state index contributed by atoms with van der Waals surface area (Å²) in [6.45, 7) is 5.76. The van der Waals surface area contributed by atoms with Gasteiger partial charge >= 0.3 is 0 Å². The van der Waals surface area contributed by atoms with Gasteiger partial charge in [-0.25, -0.2) is 8.42 Å². The molecule has 7 nitrogen and oxygen atoms in total. The normalized spacial score (nSPS) is 24.4. The summed E-state index contributed by atoms with van der Waals surface area (Å²) in [4.78, 5) is 28.1. The molecule has 0 aliphatic carbocycles. The number of hydrogen-bond donors (Lipinski definition) is 1. The van der Waals surface area contributed by atoms with E-state index in [2.05, 4.69) is 19.2 Å². The lowest BCUT2D eigenvalue weighted by Crippen LogP contribution is -2.43. The van der Waals surface area contributed by atoms with Gasteiger partial charge in [-0.3, -0.25) is 9.59 Å². The van der Waals surface area contributed by atoms with Crippen LogP contribution < -0.4 is 5.32 Å². The molecule has 0 spiro atoms. The van der Waals surface area contributed by atoms with Gasteiger partial charge in [-0.2, -0.15) is 4.31 Å². The van der Waals surface area contributed by atoms with Gasteiger partial charge in [0.2, 0.25) is 15.9 Å². The number of sulfonamides is 1. The topological polar surface area (TPSA) is 86.8 Å². The van der Waals surface area contributed by atoms with E-state index < -0.39 is 16.1 Å². The van der Waals surface area contributed by atoms with E-state index in [0.29, 0.717) is 48.5 Å². The van der Waals surface area contributed by atoms with Crippen molar-refractivity contribution in [3.05, 3.63) is 46.7 Å². The third-order valence-corrected chi connectivity index (χ3v) is 8.85. The SMILES string of the molecule is C[C@@H]1C[C@H](C)CN(S(=O)(=O)c2ccc(NC(=O)[C@@H]3CCCN3C(=O)c3cccs3)cc2)C1. The lowest BCUT2D eigenvalue weighted by molar-refractivity contribution is -0.119. The summed E-state index contributed by atoms with van der Waals surface area (Å²) < 4.78 is 27.7. The highest BCUT2D eigenvalue weighted by Crippen LogP contribution is 2.28. The third-order valence-electron chi connectivity index (χ3n) is 6.14. The first-order valence-corrected chi connectivity index (χ1v) is 13.3. The van der Waals surface area contributed by atoms with Gasteiger partial charge in [-0.05, 0) is 66.8 Å². The molecule has 2 fully saturated rings. The fraction of sp³-hybridized carbons (Fsp3) is 0.478. The largest absolute Gasteiger partial charge is 0.326 e. The first-order valence-electron chi connectivity index (χ1n) is 11.0. The molecule has 4 rings (SSSR count). The second kappa shape index (κ2) is 9.33. The number of anilines is 1. The Morgan fingerprint density at radius 2 is 1.75 bits per heavy atom. The summed E-state index contributed by atoms with van der Waals surface area (Å²) in [7, 11) is -3.56. The van der Waals surface area contributed by atoms with Crippen LogP contribution >= 0.6 is 11.3 Å². The number of carbonyl (C=O) groups is 2. The molecule has 32 heavy (non-hydrogen) atoms. The summed E-state index contributed by atoms with van der Waals surface area (Å²) >= 11 is 1.37. The van der Waals surface area contributed by atoms with E-state index in [1.54, 1.807) is 27.4 Å². The monoisotopic (exact) mass is 475 g/mol. The molecule has 1 aromatic heterocycles. The van der Waals surface area contributed by atoms with Crippen LogP contribution in [0.15, 0.2) is 46.7 Å². The summed E-state index contributed by atoms with van der Waals surface area (Å²) in [5, 5.41) is 4.69. The maximum absolute atomic E-state index is 13.0. The second-order valence-electron chi connectivity index (χ2n) is 8.92. The number of carbonyl (C=O) groups excluding carboxylic acids is 2. The average molecular weight is 476 g/mol. The minimum absolute atomic E-state index is 0.121. The number of hydrogen-bond acceptors (Lipinski definition) is 5. The van der Waals surface area contributed by atoms with E-state index in [-0.39, 0.29) is 16.7 Å². The van der Waals surface area contributed by atoms with Crippen LogP contribution in [0.3, 0.4) is 0 Å². The molecular weight excluding hydrogens is 446 g/mol. The number of piperidine rings is 1. The van der Waals surface area contributed by atoms with Gasteiger partial charge in [0.25, 0.3) is 5.91 Å². The molecule has 2 saturated heterocycles. The van der Waals surface area contributed by atoms with Gasteiger partial charge in [0.05, 0.1) is 9.77 Å². The highest BCUT2D eigenvalue weighted by Gasteiger charge is 2.35. The van der Waals surface area contributed by atoms with Gasteiger partial charge in [0, 0.05) is 25.3 Å². The number of likely N-dealkylation sites (tertiary alicyclic amines) is 1. The zero-order valence-corrected chi connectivity index (χ0v) is 20.0. The van der Waals surface area contributed by atoms with Gasteiger partial charge in [-0.15, -0.1) is 11.3 Å². The smallest absolute Gasteiger partial charge is 0.264 e. The van der Waals surface area contributed by atoms with Crippen LogP contribution in [0, 0.1) is 11.8 Å². The number of amides is 2. The molecule has 2 amide bonds. The highest BCUT2D eigenvalue weighted by molar-refractivity contribution is 7.89. The summed E-state index contributed by atoms with van der Waals surface area (Å²) in [5.74, 6) is 0.294. The molecule has 0 saturated carbocycles. The molecule has 2 aliphatic heterocycles. The molecule has 172 valence electrons. The Hall–Kier alpha value is -2.23. The Bertz CT molecular complexity index is 1060. The Morgan fingerprint density at radius 3 is 2.38 bits per heavy atom. The first kappa shape index (κ1) is 22.9. The van der Waals surface area contributed by atoms with Crippen molar-refractivity contribution in [1.82, 2.24) is 9.21 Å². The van der Waals surface area contributed by atoms with Crippen LogP contribution in [0.25, 0.3) is 0 Å². The molecule has 1 aromatic carbocycles. The molecule has 3 heterocycles. The Balaban J connectivity index is 1.43. The molecule has 0 bridgehead atoms. The van der Waals surface area contributed by atoms with Crippen molar-refractivity contribution in [3.63, 3.8) is 0 Å². The molecule has 2 aliphatic rings. The van der Waals surface area contributed by atoms with E-state index in [1.165, 1.54) is 23.5 Å². The van der Waals surface area contributed by atoms with Crippen LogP contribution in [0.1, 0.15) is 42.8 Å². The lowest BCUT2D eigenvalue weighted by Gasteiger charge is -2.34. The van der Waals surface area contributed by atoms with Crippen LogP contribution in [0.2, 0.25) is 0 Å². The van der Waals surface area contributed by atoms with E-state index >= 15 is 0 Å². The van der Waals surface area contributed by atoms with Gasteiger partial charge in [0.1, 0.15) is 6.04 Å². The molecule has 0 unspecified atom stereocenters. The maximum Gasteiger partial charge on any atom is 0.264 e. The first-order chi connectivity index (χ1) is 15.3. The highest BCUT2D eigenvalue weighted by atomic mass is 32.2. The average Bonchev–Trinajstić information content (AvgIpc) is 3.45. The Morgan fingerprint density at radius 1 is 1.06 bits per heavy atom. The number of thiophene rings is 1. The quantitative estimate of drug-likeness (QED) is 0.715. The van der Waals surface area contributed by atoms with E-state index in [0.717, 1.165) is 12.8 Å². The van der Waals surface area contributed by atoms with Gasteiger partial charge in [0.15, 0.2) is 0 Å². The van der Waals surface area contributed by atoms with Crippen LogP contribution in [-0.4, -0.2) is 55.1 Å². The predicted molar refractivity (Wildman–Crippen MR) is 125 cm³/mol. The molecule has 0 radical (unpaired) electrons. The zero-order chi connectivity index (χ0) is 22.9. The Kier molecular flexibility index (Phi) is 6.69. The molecule has 3 atom stereocenters.